The molecule has 3 aromatic carbocycles. The minimum absolute atomic E-state index is 0.0825. The lowest BCUT2D eigenvalue weighted by molar-refractivity contribution is -0.344. The van der Waals surface area contributed by atoms with Gasteiger partial charge in [0.25, 0.3) is 5.91 Å². The first-order chi connectivity index (χ1) is 29.4. The number of nitrogens with one attached hydrogen (secondary N) is 1. The number of benzene rings is 3. The van der Waals surface area contributed by atoms with Crippen LogP contribution in [0.5, 0.6) is 0 Å². The number of rotatable bonds is 10. The zero-order valence-corrected chi connectivity index (χ0v) is 34.8. The van der Waals surface area contributed by atoms with Crippen LogP contribution in [0.25, 0.3) is 0 Å². The molecule has 0 bridgehead atoms. The van der Waals surface area contributed by atoms with Crippen LogP contribution >= 0.6 is 0 Å². The van der Waals surface area contributed by atoms with Crippen molar-refractivity contribution in [3.8, 4) is 0 Å². The summed E-state index contributed by atoms with van der Waals surface area (Å²) in [4.78, 5) is 83.2. The lowest BCUT2D eigenvalue weighted by Crippen LogP contribution is -2.81. The average molecular weight is 852 g/mol. The van der Waals surface area contributed by atoms with Crippen LogP contribution in [0, 0.1) is 22.7 Å². The van der Waals surface area contributed by atoms with E-state index in [0.717, 1.165) is 13.8 Å². The van der Waals surface area contributed by atoms with Gasteiger partial charge in [0.15, 0.2) is 23.6 Å². The predicted octanol–water partition coefficient (Wildman–Crippen LogP) is 3.35. The minimum Gasteiger partial charge on any atom is -0.460 e. The molecule has 62 heavy (non-hydrogen) atoms. The summed E-state index contributed by atoms with van der Waals surface area (Å²) in [6.07, 6.45) is -9.96. The fourth-order valence-electron chi connectivity index (χ4n) is 11.4. The standard InChI is InChI=1S/C47H49NO14/c1-24-33-30(60-43(56)36(52)35(27-15-9-6-10-16-27)48-41(54)28-17-11-7-12-18-28)22-47(57)40(61-42(55)29-19-13-8-14-20-29)38-44(4,31(51)21-32-46(38,23-58-32)62-26(3)50)39(53)37(59-25(2)49)34(24)45(33,47)5/h6-20,30-33,35-38,40,51-52,57H,21-23H2,1-5H3,(H,48,54)/t30-,31-,32+,33?,35-,36+,37+,38-,40-,44+,45?,46-,47+/m0/s1. The molecule has 326 valence electrons. The Balaban J connectivity index is 1.26. The van der Waals surface area contributed by atoms with Crippen molar-refractivity contribution in [3.63, 3.8) is 0 Å². The molecular formula is C47H49NO14. The summed E-state index contributed by atoms with van der Waals surface area (Å²) >= 11 is 0. The highest BCUT2D eigenvalue weighted by Crippen LogP contribution is 2.72. The molecule has 8 rings (SSSR count). The molecule has 5 aliphatic rings. The van der Waals surface area contributed by atoms with E-state index in [9.17, 15) is 39.3 Å². The number of amides is 1. The van der Waals surface area contributed by atoms with E-state index in [1.165, 1.54) is 19.1 Å². The van der Waals surface area contributed by atoms with E-state index >= 15 is 4.79 Å². The minimum atomic E-state index is -2.32. The first-order valence-corrected chi connectivity index (χ1v) is 20.6. The van der Waals surface area contributed by atoms with Crippen LogP contribution in [0.15, 0.2) is 102 Å². The van der Waals surface area contributed by atoms with Crippen molar-refractivity contribution in [3.05, 3.63) is 119 Å². The van der Waals surface area contributed by atoms with Gasteiger partial charge >= 0.3 is 23.9 Å². The largest absolute Gasteiger partial charge is 0.460 e. The van der Waals surface area contributed by atoms with Crippen molar-refractivity contribution in [2.45, 2.75) is 101 Å². The number of fused-ring (bicyclic) bond motifs is 3. The summed E-state index contributed by atoms with van der Waals surface area (Å²) in [5.74, 6) is -7.49. The molecule has 1 heterocycles. The van der Waals surface area contributed by atoms with Crippen LogP contribution in [-0.4, -0.2) is 105 Å². The maximum Gasteiger partial charge on any atom is 0.338 e. The summed E-state index contributed by atoms with van der Waals surface area (Å²) in [7, 11) is 0. The number of hydrogen-bond acceptors (Lipinski definition) is 14. The number of carbonyl (C=O) groups is 6. The van der Waals surface area contributed by atoms with Crippen molar-refractivity contribution in [1.82, 2.24) is 5.32 Å². The molecule has 0 radical (unpaired) electrons. The summed E-state index contributed by atoms with van der Waals surface area (Å²) in [5, 5.41) is 40.3. The highest BCUT2D eigenvalue weighted by molar-refractivity contribution is 5.97. The molecule has 1 saturated heterocycles. The van der Waals surface area contributed by atoms with Crippen LogP contribution in [0.4, 0.5) is 0 Å². The van der Waals surface area contributed by atoms with Crippen LogP contribution in [0.2, 0.25) is 0 Å². The average Bonchev–Trinajstić information content (AvgIpc) is 3.43. The summed E-state index contributed by atoms with van der Waals surface area (Å²) in [6, 6.07) is 23.2. The van der Waals surface area contributed by atoms with Crippen LogP contribution in [-0.2, 0) is 42.9 Å². The van der Waals surface area contributed by atoms with E-state index in [1.807, 2.05) is 0 Å². The first kappa shape index (κ1) is 42.9. The zero-order valence-electron chi connectivity index (χ0n) is 34.8. The number of aliphatic hydroxyl groups excluding tert-OH is 2. The fourth-order valence-corrected chi connectivity index (χ4v) is 11.4. The van der Waals surface area contributed by atoms with E-state index in [1.54, 1.807) is 92.7 Å². The van der Waals surface area contributed by atoms with Gasteiger partial charge in [-0.2, -0.15) is 0 Å². The Labute approximate surface area is 357 Å². The Morgan fingerprint density at radius 1 is 0.839 bits per heavy atom. The summed E-state index contributed by atoms with van der Waals surface area (Å²) in [6.45, 7) is 6.63. The van der Waals surface area contributed by atoms with Crippen LogP contribution < -0.4 is 5.32 Å². The molecule has 4 fully saturated rings. The first-order valence-electron chi connectivity index (χ1n) is 20.6. The topological polar surface area (TPSA) is 221 Å². The van der Waals surface area contributed by atoms with Gasteiger partial charge in [-0.3, -0.25) is 19.2 Å². The molecule has 0 spiro atoms. The number of Topliss-reactive ketones (excluding diaryl/α,β-unsaturated/α-hetero) is 1. The van der Waals surface area contributed by atoms with Gasteiger partial charge in [0.05, 0.1) is 35.6 Å². The molecule has 0 aromatic heterocycles. The molecule has 1 amide bonds. The normalized spacial score (nSPS) is 35.1. The van der Waals surface area contributed by atoms with Crippen LogP contribution in [0.1, 0.15) is 79.8 Å². The van der Waals surface area contributed by atoms with Gasteiger partial charge < -0.3 is 44.3 Å². The lowest BCUT2D eigenvalue weighted by Gasteiger charge is -2.67. The smallest absolute Gasteiger partial charge is 0.338 e. The molecule has 15 heteroatoms. The molecule has 15 nitrogen and oxygen atoms in total. The molecule has 13 atom stereocenters. The molecule has 4 N–H and O–H groups in total. The Kier molecular flexibility index (Phi) is 10.8. The second kappa shape index (κ2) is 15.6. The monoisotopic (exact) mass is 851 g/mol. The Morgan fingerprint density at radius 3 is 2.00 bits per heavy atom. The SMILES string of the molecule is CC(=O)O[C@H]1C(=O)[C@@]2(C)[C@H]([C@H](OC(=O)c3ccccc3)[C@]3(O)C[C@H](OC(=O)[C@H](O)[C@@H](NC(=O)c4ccccc4)c4ccccc4)C4C(C)=C1C43C)[C@]1(OC(C)=O)CO[C@@H]1C[C@@H]2O. The van der Waals surface area contributed by atoms with E-state index in [2.05, 4.69) is 5.32 Å². The van der Waals surface area contributed by atoms with E-state index < -0.39 is 119 Å². The van der Waals surface area contributed by atoms with Gasteiger partial charge in [0.1, 0.15) is 23.9 Å². The highest BCUT2D eigenvalue weighted by atomic mass is 16.6. The molecule has 4 aliphatic carbocycles. The van der Waals surface area contributed by atoms with Crippen molar-refractivity contribution in [2.24, 2.45) is 22.7 Å². The van der Waals surface area contributed by atoms with E-state index in [-0.39, 0.29) is 29.7 Å². The number of aliphatic hydroxyl groups is 3. The Morgan fingerprint density at radius 2 is 1.44 bits per heavy atom. The van der Waals surface area contributed by atoms with Crippen molar-refractivity contribution in [1.29, 1.82) is 0 Å². The Hall–Kier alpha value is -5.74. The van der Waals surface area contributed by atoms with Crippen molar-refractivity contribution >= 4 is 35.6 Å². The maximum absolute atomic E-state index is 15.3. The predicted molar refractivity (Wildman–Crippen MR) is 216 cm³/mol. The Bertz CT molecular complexity index is 2340. The van der Waals surface area contributed by atoms with Crippen LogP contribution in [0.3, 0.4) is 0 Å². The van der Waals surface area contributed by atoms with Gasteiger partial charge in [-0.15, -0.1) is 0 Å². The maximum atomic E-state index is 15.3. The highest BCUT2D eigenvalue weighted by Gasteiger charge is 2.83. The van der Waals surface area contributed by atoms with Gasteiger partial charge in [-0.1, -0.05) is 79.2 Å². The lowest BCUT2D eigenvalue weighted by atomic mass is 9.43. The number of ketones is 1. The van der Waals surface area contributed by atoms with Crippen molar-refractivity contribution < 1.29 is 67.8 Å². The van der Waals surface area contributed by atoms with Crippen molar-refractivity contribution in [2.75, 3.05) is 6.61 Å². The van der Waals surface area contributed by atoms with Gasteiger partial charge in [0, 0.05) is 43.6 Å². The third kappa shape index (κ3) is 6.39. The molecule has 3 aromatic rings. The zero-order chi connectivity index (χ0) is 44.5. The third-order valence-electron chi connectivity index (χ3n) is 14.2. The number of esters is 4. The molecule has 1 aliphatic heterocycles. The number of hydrogen-bond donors (Lipinski definition) is 4. The summed E-state index contributed by atoms with van der Waals surface area (Å²) in [5.41, 5.74) is -6.41. The summed E-state index contributed by atoms with van der Waals surface area (Å²) < 4.78 is 30.4. The second-order valence-electron chi connectivity index (χ2n) is 17.5. The van der Waals surface area contributed by atoms with Gasteiger partial charge in [-0.05, 0) is 49.2 Å². The van der Waals surface area contributed by atoms with E-state index in [0.29, 0.717) is 11.1 Å². The fraction of sp³-hybridized carbons (Fsp3) is 0.447. The number of ether oxygens (including phenoxy) is 5. The van der Waals surface area contributed by atoms with Gasteiger partial charge in [0.2, 0.25) is 0 Å². The second-order valence-corrected chi connectivity index (χ2v) is 17.5. The molecule has 3 saturated carbocycles. The number of carbonyl (C=O) groups excluding carboxylic acids is 6. The van der Waals surface area contributed by atoms with E-state index in [4.69, 9.17) is 23.7 Å². The quantitative estimate of drug-likeness (QED) is 0.131. The molecule has 2 unspecified atom stereocenters. The van der Waals surface area contributed by atoms with Gasteiger partial charge in [-0.25, -0.2) is 9.59 Å². The third-order valence-corrected chi connectivity index (χ3v) is 14.2. The molecular weight excluding hydrogens is 803 g/mol.